The largest absolute Gasteiger partial charge is 0.313 e. The summed E-state index contributed by atoms with van der Waals surface area (Å²) in [5.74, 6) is 0. The highest BCUT2D eigenvalue weighted by molar-refractivity contribution is 6.32. The van der Waals surface area contributed by atoms with Crippen LogP contribution in [0.4, 0.5) is 0 Å². The molecule has 0 amide bonds. The Morgan fingerprint density at radius 3 is 2.63 bits per heavy atom. The third-order valence-electron chi connectivity index (χ3n) is 3.19. The van der Waals surface area contributed by atoms with Crippen molar-refractivity contribution in [2.45, 2.75) is 34.2 Å². The summed E-state index contributed by atoms with van der Waals surface area (Å²) in [6.07, 6.45) is 2.06. The standard InChI is InChI=1S/C15H20ClN3/c1-5-17-8-13-9-19(18-12(13)4)15-11(3)6-10(2)7-14(15)16/h6-7,9,17H,5,8H2,1-4H3. The normalized spacial score (nSPS) is 11.0. The van der Waals surface area contributed by atoms with Gasteiger partial charge in [0, 0.05) is 18.3 Å². The Labute approximate surface area is 119 Å². The van der Waals surface area contributed by atoms with E-state index in [0.29, 0.717) is 0 Å². The Kier molecular flexibility index (Phi) is 4.27. The summed E-state index contributed by atoms with van der Waals surface area (Å²) in [7, 11) is 0. The van der Waals surface area contributed by atoms with Crippen LogP contribution >= 0.6 is 11.6 Å². The quantitative estimate of drug-likeness (QED) is 0.926. The zero-order chi connectivity index (χ0) is 14.0. The van der Waals surface area contributed by atoms with Crippen LogP contribution in [0.15, 0.2) is 18.3 Å². The second kappa shape index (κ2) is 5.76. The zero-order valence-electron chi connectivity index (χ0n) is 11.9. The number of aryl methyl sites for hydroxylation is 3. The number of hydrogen-bond acceptors (Lipinski definition) is 2. The van der Waals surface area contributed by atoms with E-state index in [9.17, 15) is 0 Å². The fourth-order valence-electron chi connectivity index (χ4n) is 2.24. The van der Waals surface area contributed by atoms with E-state index in [-0.39, 0.29) is 0 Å². The number of halogens is 1. The van der Waals surface area contributed by atoms with E-state index in [2.05, 4.69) is 36.5 Å². The summed E-state index contributed by atoms with van der Waals surface area (Å²) in [4.78, 5) is 0. The van der Waals surface area contributed by atoms with Crippen molar-refractivity contribution >= 4 is 11.6 Å². The Bertz CT molecular complexity index is 564. The highest BCUT2D eigenvalue weighted by Crippen LogP contribution is 2.26. The second-order valence-electron chi connectivity index (χ2n) is 4.88. The van der Waals surface area contributed by atoms with E-state index < -0.39 is 0 Å². The molecule has 2 rings (SSSR count). The van der Waals surface area contributed by atoms with Crippen molar-refractivity contribution in [3.05, 3.63) is 45.7 Å². The number of nitrogens with zero attached hydrogens (tertiary/aromatic N) is 2. The van der Waals surface area contributed by atoms with Crippen LogP contribution in [-0.2, 0) is 6.54 Å². The molecule has 1 aromatic heterocycles. The SMILES string of the molecule is CCNCc1cn(-c2c(C)cc(C)cc2Cl)nc1C. The molecule has 0 unspecified atom stereocenters. The van der Waals surface area contributed by atoms with Gasteiger partial charge < -0.3 is 5.32 Å². The molecule has 102 valence electrons. The van der Waals surface area contributed by atoms with Crippen LogP contribution in [0, 0.1) is 20.8 Å². The molecular formula is C15H20ClN3. The molecule has 1 N–H and O–H groups in total. The maximum Gasteiger partial charge on any atom is 0.0861 e. The van der Waals surface area contributed by atoms with E-state index in [1.165, 1.54) is 11.1 Å². The first-order valence-corrected chi connectivity index (χ1v) is 6.93. The van der Waals surface area contributed by atoms with E-state index in [4.69, 9.17) is 11.6 Å². The monoisotopic (exact) mass is 277 g/mol. The summed E-state index contributed by atoms with van der Waals surface area (Å²) in [5, 5.41) is 8.64. The third-order valence-corrected chi connectivity index (χ3v) is 3.48. The summed E-state index contributed by atoms with van der Waals surface area (Å²) in [5.41, 5.74) is 5.53. The molecule has 0 aliphatic carbocycles. The van der Waals surface area contributed by atoms with Gasteiger partial charge in [0.05, 0.1) is 16.4 Å². The molecule has 2 aromatic rings. The molecule has 0 bridgehead atoms. The van der Waals surface area contributed by atoms with Crippen molar-refractivity contribution in [1.82, 2.24) is 15.1 Å². The van der Waals surface area contributed by atoms with Gasteiger partial charge >= 0.3 is 0 Å². The summed E-state index contributed by atoms with van der Waals surface area (Å²) in [6, 6.07) is 4.10. The van der Waals surface area contributed by atoms with Gasteiger partial charge in [0.25, 0.3) is 0 Å². The maximum absolute atomic E-state index is 6.36. The van der Waals surface area contributed by atoms with Crippen molar-refractivity contribution < 1.29 is 0 Å². The lowest BCUT2D eigenvalue weighted by molar-refractivity contribution is 0.723. The van der Waals surface area contributed by atoms with Crippen LogP contribution in [0.5, 0.6) is 0 Å². The first-order valence-electron chi connectivity index (χ1n) is 6.56. The van der Waals surface area contributed by atoms with Gasteiger partial charge in [0.1, 0.15) is 0 Å². The van der Waals surface area contributed by atoms with Crippen LogP contribution < -0.4 is 5.32 Å². The van der Waals surface area contributed by atoms with E-state index in [0.717, 1.165) is 35.1 Å². The van der Waals surface area contributed by atoms with Crippen molar-refractivity contribution in [3.63, 3.8) is 0 Å². The second-order valence-corrected chi connectivity index (χ2v) is 5.28. The molecule has 4 heteroatoms. The van der Waals surface area contributed by atoms with Gasteiger partial charge in [-0.3, -0.25) is 0 Å². The predicted molar refractivity (Wildman–Crippen MR) is 80.2 cm³/mol. The Morgan fingerprint density at radius 2 is 2.00 bits per heavy atom. The lowest BCUT2D eigenvalue weighted by Crippen LogP contribution is -2.11. The third kappa shape index (κ3) is 2.99. The van der Waals surface area contributed by atoms with Crippen molar-refractivity contribution in [2.24, 2.45) is 0 Å². The molecule has 0 atom stereocenters. The topological polar surface area (TPSA) is 29.9 Å². The molecule has 0 aliphatic rings. The van der Waals surface area contributed by atoms with Crippen LogP contribution in [0.25, 0.3) is 5.69 Å². The van der Waals surface area contributed by atoms with Crippen molar-refractivity contribution in [2.75, 3.05) is 6.54 Å². The zero-order valence-corrected chi connectivity index (χ0v) is 12.7. The van der Waals surface area contributed by atoms with Gasteiger partial charge in [-0.2, -0.15) is 5.10 Å². The van der Waals surface area contributed by atoms with Crippen molar-refractivity contribution in [1.29, 1.82) is 0 Å². The molecule has 0 aliphatic heterocycles. The van der Waals surface area contributed by atoms with E-state index >= 15 is 0 Å². The van der Waals surface area contributed by atoms with Gasteiger partial charge in [-0.05, 0) is 44.5 Å². The molecule has 1 heterocycles. The maximum atomic E-state index is 6.36. The van der Waals surface area contributed by atoms with E-state index in [1.807, 2.05) is 24.6 Å². The van der Waals surface area contributed by atoms with Gasteiger partial charge in [-0.15, -0.1) is 0 Å². The van der Waals surface area contributed by atoms with Gasteiger partial charge in [-0.1, -0.05) is 24.6 Å². The number of nitrogens with one attached hydrogen (secondary N) is 1. The van der Waals surface area contributed by atoms with Crippen LogP contribution in [-0.4, -0.2) is 16.3 Å². The molecule has 0 radical (unpaired) electrons. The number of aromatic nitrogens is 2. The number of hydrogen-bond donors (Lipinski definition) is 1. The van der Waals surface area contributed by atoms with Gasteiger partial charge in [-0.25, -0.2) is 4.68 Å². The average Bonchev–Trinajstić information content (AvgIpc) is 2.66. The van der Waals surface area contributed by atoms with Crippen LogP contribution in [0.2, 0.25) is 5.02 Å². The van der Waals surface area contributed by atoms with Gasteiger partial charge in [0.2, 0.25) is 0 Å². The fraction of sp³-hybridized carbons (Fsp3) is 0.400. The van der Waals surface area contributed by atoms with Crippen LogP contribution in [0.1, 0.15) is 29.3 Å². The van der Waals surface area contributed by atoms with E-state index in [1.54, 1.807) is 0 Å². The van der Waals surface area contributed by atoms with Crippen molar-refractivity contribution in [3.8, 4) is 5.69 Å². The molecule has 0 saturated carbocycles. The Morgan fingerprint density at radius 1 is 1.26 bits per heavy atom. The molecule has 19 heavy (non-hydrogen) atoms. The summed E-state index contributed by atoms with van der Waals surface area (Å²) >= 11 is 6.36. The molecule has 1 aromatic carbocycles. The number of rotatable bonds is 4. The summed E-state index contributed by atoms with van der Waals surface area (Å²) < 4.78 is 1.89. The molecule has 0 spiro atoms. The lowest BCUT2D eigenvalue weighted by Gasteiger charge is -2.09. The number of benzene rings is 1. The minimum absolute atomic E-state index is 0.745. The molecular weight excluding hydrogens is 258 g/mol. The highest BCUT2D eigenvalue weighted by atomic mass is 35.5. The first kappa shape index (κ1) is 14.1. The molecule has 3 nitrogen and oxygen atoms in total. The smallest absolute Gasteiger partial charge is 0.0861 e. The van der Waals surface area contributed by atoms with Gasteiger partial charge in [0.15, 0.2) is 0 Å². The minimum atomic E-state index is 0.745. The molecule has 0 saturated heterocycles. The molecule has 0 fully saturated rings. The first-order chi connectivity index (χ1) is 9.02. The minimum Gasteiger partial charge on any atom is -0.313 e. The average molecular weight is 278 g/mol. The summed E-state index contributed by atoms with van der Waals surface area (Å²) in [6.45, 7) is 10.0. The Balaban J connectivity index is 2.42. The predicted octanol–water partition coefficient (Wildman–Crippen LogP) is 3.56. The Hall–Kier alpha value is -1.32. The lowest BCUT2D eigenvalue weighted by atomic mass is 10.1. The fourth-order valence-corrected chi connectivity index (χ4v) is 2.65. The highest BCUT2D eigenvalue weighted by Gasteiger charge is 2.11. The van der Waals surface area contributed by atoms with Crippen LogP contribution in [0.3, 0.4) is 0 Å².